The van der Waals surface area contributed by atoms with Crippen molar-refractivity contribution < 1.29 is 43.0 Å². The van der Waals surface area contributed by atoms with Crippen molar-refractivity contribution in [3.8, 4) is 0 Å². The molecule has 0 aromatic rings. The van der Waals surface area contributed by atoms with Gasteiger partial charge in [-0.2, -0.15) is 11.5 Å². The third-order valence-corrected chi connectivity index (χ3v) is 3.08. The summed E-state index contributed by atoms with van der Waals surface area (Å²) in [6, 6.07) is 0. The van der Waals surface area contributed by atoms with Crippen LogP contribution in [-0.2, 0) is 43.0 Å². The van der Waals surface area contributed by atoms with E-state index in [9.17, 15) is 19.2 Å². The average Bonchev–Trinajstić information content (AvgIpc) is 2.68. The number of rotatable bonds is 19. The molecule has 1 N–H and O–H groups in total. The van der Waals surface area contributed by atoms with Crippen LogP contribution >= 0.6 is 0 Å². The van der Waals surface area contributed by atoms with Crippen molar-refractivity contribution in [2.75, 3.05) is 66.4 Å². The minimum Gasteiger partial charge on any atom is -0.528 e. The molecule has 0 atom stereocenters. The second-order valence-corrected chi connectivity index (χ2v) is 5.29. The fourth-order valence-electron chi connectivity index (χ4n) is 1.68. The molecule has 0 aliphatic rings. The first-order valence-electron chi connectivity index (χ1n) is 8.93. The minimum absolute atomic E-state index is 0. The van der Waals surface area contributed by atoms with Gasteiger partial charge in [0.2, 0.25) is 0 Å². The van der Waals surface area contributed by atoms with E-state index in [2.05, 4.69) is 5.32 Å². The SMILES string of the molecule is CN(OC(=O)CCOCCOCCOCCOCCN[C-]=O)C(=O)CCC=O.[Fm]. The number of hydrogen-bond acceptors (Lipinski definition) is 9. The van der Waals surface area contributed by atoms with Crippen LogP contribution in [0.3, 0.4) is 0 Å². The molecule has 0 heterocycles. The summed E-state index contributed by atoms with van der Waals surface area (Å²) in [4.78, 5) is 47.8. The molecular weight excluding hydrogens is 633 g/mol. The number of amides is 2. The van der Waals surface area contributed by atoms with Crippen LogP contribution in [-0.4, -0.2) is 96.1 Å². The normalized spacial score (nSPS) is 9.97. The maximum absolute atomic E-state index is 11.5. The first kappa shape index (κ1) is 28.1. The summed E-state index contributed by atoms with van der Waals surface area (Å²) >= 11 is 0. The predicted molar refractivity (Wildman–Crippen MR) is 95.7 cm³/mol. The van der Waals surface area contributed by atoms with Gasteiger partial charge >= 0.3 is 5.97 Å². The molecule has 174 valence electrons. The van der Waals surface area contributed by atoms with Gasteiger partial charge in [-0.25, -0.2) is 4.79 Å². The quantitative estimate of drug-likeness (QED) is 0.0609. The number of nitrogens with zero attached hydrogens (tertiary/aromatic N) is 1. The Labute approximate surface area is 164 Å². The molecule has 0 bridgehead atoms. The molecule has 0 unspecified atom stereocenters. The van der Waals surface area contributed by atoms with Crippen molar-refractivity contribution in [2.24, 2.45) is 0 Å². The molecule has 0 rings (SSSR count). The number of ether oxygens (including phenoxy) is 4. The Balaban J connectivity index is 0. The summed E-state index contributed by atoms with van der Waals surface area (Å²) in [5, 5.41) is 3.18. The summed E-state index contributed by atoms with van der Waals surface area (Å²) in [5.41, 5.74) is 0. The maximum atomic E-state index is 11.5. The molecule has 29 heavy (non-hydrogen) atoms. The Morgan fingerprint density at radius 3 is 1.93 bits per heavy atom. The summed E-state index contributed by atoms with van der Waals surface area (Å²) in [6.07, 6.45) is 2.25. The zero-order valence-electron chi connectivity index (χ0n) is 16.5. The van der Waals surface area contributed by atoms with E-state index >= 15 is 0 Å². The van der Waals surface area contributed by atoms with E-state index in [1.54, 1.807) is 6.41 Å². The Bertz CT molecular complexity index is 441. The van der Waals surface area contributed by atoms with E-state index in [0.717, 1.165) is 5.06 Å². The van der Waals surface area contributed by atoms with Crippen LogP contribution in [0, 0.1) is 0 Å². The molecule has 0 radical (unpaired) electrons. The van der Waals surface area contributed by atoms with E-state index in [0.29, 0.717) is 59.1 Å². The van der Waals surface area contributed by atoms with Crippen LogP contribution in [0.1, 0.15) is 19.3 Å². The van der Waals surface area contributed by atoms with Crippen LogP contribution in [0.2, 0.25) is 0 Å². The van der Waals surface area contributed by atoms with E-state index in [4.69, 9.17) is 23.8 Å². The molecule has 0 aliphatic carbocycles. The van der Waals surface area contributed by atoms with Crippen molar-refractivity contribution >= 4 is 24.6 Å². The van der Waals surface area contributed by atoms with Crippen LogP contribution in [0.15, 0.2) is 0 Å². The topological polar surface area (TPSA) is 130 Å². The molecule has 12 heteroatoms. The summed E-state index contributed by atoms with van der Waals surface area (Å²) in [6.45, 7) is 3.31. The van der Waals surface area contributed by atoms with Gasteiger partial charge in [-0.05, 0) is 0 Å². The van der Waals surface area contributed by atoms with Gasteiger partial charge in [0, 0.05) is 26.4 Å². The molecule has 0 saturated heterocycles. The number of aldehydes is 1. The first-order valence-corrected chi connectivity index (χ1v) is 8.93. The van der Waals surface area contributed by atoms with Gasteiger partial charge in [-0.3, -0.25) is 4.79 Å². The molecule has 0 aromatic heterocycles. The monoisotopic (exact) mass is 662 g/mol. The zero-order chi connectivity index (χ0) is 20.9. The Hall–Kier alpha value is -3.08. The second-order valence-electron chi connectivity index (χ2n) is 5.29. The minimum atomic E-state index is -0.599. The summed E-state index contributed by atoms with van der Waals surface area (Å²) in [7, 11) is 1.32. The maximum Gasteiger partial charge on any atom is 0.334 e. The molecule has 0 fully saturated rings. The van der Waals surface area contributed by atoms with Crippen molar-refractivity contribution in [2.45, 2.75) is 19.3 Å². The van der Waals surface area contributed by atoms with E-state index in [1.807, 2.05) is 0 Å². The Morgan fingerprint density at radius 1 is 0.897 bits per heavy atom. The van der Waals surface area contributed by atoms with Crippen molar-refractivity contribution in [1.29, 1.82) is 0 Å². The van der Waals surface area contributed by atoms with E-state index in [-0.39, 0.29) is 25.9 Å². The van der Waals surface area contributed by atoms with Gasteiger partial charge in [-0.15, -0.1) is 0 Å². The van der Waals surface area contributed by atoms with Gasteiger partial charge in [0.25, 0.3) is 5.91 Å². The van der Waals surface area contributed by atoms with E-state index < -0.39 is 11.9 Å². The van der Waals surface area contributed by atoms with Crippen molar-refractivity contribution in [3.05, 3.63) is 0 Å². The third kappa shape index (κ3) is 19.5. The molecule has 0 spiro atoms. The number of carbonyl (C=O) groups is 3. The predicted octanol–water partition coefficient (Wildman–Crippen LogP) is -1.00. The Kier molecular flexibility index (Phi) is 20.6. The molecule has 2 amide bonds. The third-order valence-electron chi connectivity index (χ3n) is 3.08. The largest absolute Gasteiger partial charge is 0.528 e. The number of hydrogen-bond donors (Lipinski definition) is 1. The van der Waals surface area contributed by atoms with E-state index in [1.165, 1.54) is 7.05 Å². The number of hydroxylamine groups is 2. The zero-order valence-corrected chi connectivity index (χ0v) is 18.9. The fraction of sp³-hybridized carbons (Fsp3) is 0.765. The molecular formula is C17H29FmN2O9-. The van der Waals surface area contributed by atoms with Gasteiger partial charge in [0.1, 0.15) is 6.29 Å². The summed E-state index contributed by atoms with van der Waals surface area (Å²) in [5.74, 6) is -1.05. The molecule has 0 saturated carbocycles. The molecule has 0 aromatic carbocycles. The molecule has 0 aliphatic heterocycles. The smallest absolute Gasteiger partial charge is 0.334 e. The number of nitrogens with one attached hydrogen (secondary N) is 1. The number of carbonyl (C=O) groups excluding carboxylic acids is 4. The molecule has 11 nitrogen and oxygen atoms in total. The van der Waals surface area contributed by atoms with Gasteiger partial charge in [0.05, 0.1) is 59.3 Å². The van der Waals surface area contributed by atoms with Gasteiger partial charge < -0.3 is 38.7 Å². The van der Waals surface area contributed by atoms with Gasteiger partial charge in [0.15, 0.2) is 0 Å². The van der Waals surface area contributed by atoms with Crippen LogP contribution in [0.25, 0.3) is 0 Å². The fourth-order valence-corrected chi connectivity index (χ4v) is 1.68. The summed E-state index contributed by atoms with van der Waals surface area (Å²) < 4.78 is 21.0. The second kappa shape index (κ2) is 21.2. The van der Waals surface area contributed by atoms with Crippen molar-refractivity contribution in [3.63, 3.8) is 0 Å². The van der Waals surface area contributed by atoms with Crippen molar-refractivity contribution in [1.82, 2.24) is 10.4 Å². The first-order chi connectivity index (χ1) is 13.6. The van der Waals surface area contributed by atoms with Gasteiger partial charge in [-0.1, -0.05) is 0 Å². The average molecular weight is 662 g/mol. The standard InChI is InChI=1S/C17H29N2O9.Fm/c1-19(16(22)3-2-6-20)28-17(23)4-7-24-9-11-26-13-14-27-12-10-25-8-5-18-15-21;/h6H,2-5,7-14H2,1H3,(H,18,21);/q-1;. The van der Waals surface area contributed by atoms with Crippen LogP contribution in [0.4, 0.5) is 0 Å². The van der Waals surface area contributed by atoms with Crippen LogP contribution in [0.5, 0.6) is 0 Å². The Morgan fingerprint density at radius 2 is 1.41 bits per heavy atom. The van der Waals surface area contributed by atoms with Crippen LogP contribution < -0.4 is 5.32 Å².